The molecule has 2 rings (SSSR count). The van der Waals surface area contributed by atoms with Crippen LogP contribution < -0.4 is 5.32 Å². The summed E-state index contributed by atoms with van der Waals surface area (Å²) in [5.74, 6) is 0.693. The lowest BCUT2D eigenvalue weighted by Gasteiger charge is -2.21. The predicted octanol–water partition coefficient (Wildman–Crippen LogP) is 2.42. The number of Topliss-reactive ketones (excluding diaryl/α,β-unsaturated/α-hetero) is 1. The van der Waals surface area contributed by atoms with E-state index < -0.39 is 0 Å². The minimum atomic E-state index is 0.166. The molecule has 0 atom stereocenters. The van der Waals surface area contributed by atoms with Gasteiger partial charge in [-0.2, -0.15) is 0 Å². The number of halogens is 1. The lowest BCUT2D eigenvalue weighted by atomic mass is 9.92. The van der Waals surface area contributed by atoms with Crippen molar-refractivity contribution < 1.29 is 4.79 Å². The molecular formula is C12H15BrN2O. The predicted molar refractivity (Wildman–Crippen MR) is 66.5 cm³/mol. The summed E-state index contributed by atoms with van der Waals surface area (Å²) in [6.45, 7) is 2.07. The van der Waals surface area contributed by atoms with Crippen LogP contribution in [0.4, 0.5) is 0 Å². The Labute approximate surface area is 104 Å². The molecule has 0 unspecified atom stereocenters. The molecule has 16 heavy (non-hydrogen) atoms. The van der Waals surface area contributed by atoms with Gasteiger partial charge in [-0.05, 0) is 59.9 Å². The van der Waals surface area contributed by atoms with Crippen molar-refractivity contribution in [2.24, 2.45) is 5.92 Å². The number of pyridine rings is 1. The number of nitrogens with one attached hydrogen (secondary N) is 1. The van der Waals surface area contributed by atoms with Gasteiger partial charge in [0.25, 0.3) is 0 Å². The van der Waals surface area contributed by atoms with Crippen LogP contribution >= 0.6 is 15.9 Å². The summed E-state index contributed by atoms with van der Waals surface area (Å²) in [5.41, 5.74) is 0.585. The van der Waals surface area contributed by atoms with E-state index in [9.17, 15) is 4.79 Å². The summed E-state index contributed by atoms with van der Waals surface area (Å²) >= 11 is 3.31. The molecule has 0 bridgehead atoms. The number of aromatic nitrogens is 1. The van der Waals surface area contributed by atoms with Gasteiger partial charge in [-0.1, -0.05) is 0 Å². The van der Waals surface area contributed by atoms with Gasteiger partial charge in [-0.3, -0.25) is 9.78 Å². The van der Waals surface area contributed by atoms with Gasteiger partial charge < -0.3 is 5.32 Å². The van der Waals surface area contributed by atoms with Gasteiger partial charge >= 0.3 is 0 Å². The first-order valence-electron chi connectivity index (χ1n) is 5.61. The number of hydrogen-bond acceptors (Lipinski definition) is 3. The SMILES string of the molecule is O=C(CC1CCNCC1)c1ccc(Br)cn1. The van der Waals surface area contributed by atoms with E-state index >= 15 is 0 Å². The molecule has 3 nitrogen and oxygen atoms in total. The first-order chi connectivity index (χ1) is 7.75. The molecule has 1 aliphatic rings. The highest BCUT2D eigenvalue weighted by Gasteiger charge is 2.18. The molecule has 0 saturated carbocycles. The van der Waals surface area contributed by atoms with Crippen molar-refractivity contribution >= 4 is 21.7 Å². The van der Waals surface area contributed by atoms with Crippen LogP contribution in [0.15, 0.2) is 22.8 Å². The lowest BCUT2D eigenvalue weighted by molar-refractivity contribution is 0.0947. The van der Waals surface area contributed by atoms with Crippen LogP contribution in [0.3, 0.4) is 0 Å². The second kappa shape index (κ2) is 5.55. The van der Waals surface area contributed by atoms with Gasteiger partial charge in [0.2, 0.25) is 0 Å². The summed E-state index contributed by atoms with van der Waals surface area (Å²) in [7, 11) is 0. The molecule has 0 aliphatic carbocycles. The van der Waals surface area contributed by atoms with E-state index in [1.807, 2.05) is 6.07 Å². The van der Waals surface area contributed by atoms with Crippen LogP contribution in [0.2, 0.25) is 0 Å². The average Bonchev–Trinajstić information content (AvgIpc) is 2.31. The van der Waals surface area contributed by atoms with E-state index in [0.717, 1.165) is 30.4 Å². The van der Waals surface area contributed by atoms with Gasteiger partial charge in [0.05, 0.1) is 0 Å². The van der Waals surface area contributed by atoms with Crippen molar-refractivity contribution in [1.29, 1.82) is 0 Å². The highest BCUT2D eigenvalue weighted by atomic mass is 79.9. The fourth-order valence-corrected chi connectivity index (χ4v) is 2.23. The van der Waals surface area contributed by atoms with Crippen LogP contribution in [-0.2, 0) is 0 Å². The van der Waals surface area contributed by atoms with E-state index in [4.69, 9.17) is 0 Å². The first-order valence-corrected chi connectivity index (χ1v) is 6.40. The Hall–Kier alpha value is -0.740. The highest BCUT2D eigenvalue weighted by molar-refractivity contribution is 9.10. The van der Waals surface area contributed by atoms with E-state index in [1.54, 1.807) is 12.3 Å². The largest absolute Gasteiger partial charge is 0.317 e. The van der Waals surface area contributed by atoms with Gasteiger partial charge in [-0.15, -0.1) is 0 Å². The molecule has 0 amide bonds. The maximum atomic E-state index is 11.9. The third-order valence-electron chi connectivity index (χ3n) is 2.95. The maximum Gasteiger partial charge on any atom is 0.181 e. The Bertz CT molecular complexity index is 358. The molecule has 86 valence electrons. The van der Waals surface area contributed by atoms with E-state index in [1.165, 1.54) is 0 Å². The van der Waals surface area contributed by atoms with Crippen LogP contribution in [-0.4, -0.2) is 23.9 Å². The zero-order chi connectivity index (χ0) is 11.4. The third-order valence-corrected chi connectivity index (χ3v) is 3.41. The first kappa shape index (κ1) is 11.7. The van der Waals surface area contributed by atoms with Crippen molar-refractivity contribution in [2.45, 2.75) is 19.3 Å². The fourth-order valence-electron chi connectivity index (χ4n) is 1.99. The van der Waals surface area contributed by atoms with Crippen LogP contribution in [0.5, 0.6) is 0 Å². The van der Waals surface area contributed by atoms with Crippen LogP contribution in [0.1, 0.15) is 29.8 Å². The molecule has 0 spiro atoms. The zero-order valence-corrected chi connectivity index (χ0v) is 10.7. The molecule has 1 aromatic heterocycles. The number of rotatable bonds is 3. The van der Waals surface area contributed by atoms with Crippen molar-refractivity contribution in [3.05, 3.63) is 28.5 Å². The van der Waals surface area contributed by atoms with Gasteiger partial charge in [-0.25, -0.2) is 0 Å². The summed E-state index contributed by atoms with van der Waals surface area (Å²) < 4.78 is 0.908. The second-order valence-electron chi connectivity index (χ2n) is 4.18. The van der Waals surface area contributed by atoms with Crippen LogP contribution in [0, 0.1) is 5.92 Å². The van der Waals surface area contributed by atoms with E-state index in [-0.39, 0.29) is 5.78 Å². The van der Waals surface area contributed by atoms with Crippen molar-refractivity contribution in [3.63, 3.8) is 0 Å². The minimum absolute atomic E-state index is 0.166. The Kier molecular flexibility index (Phi) is 4.07. The normalized spacial score (nSPS) is 17.3. The minimum Gasteiger partial charge on any atom is -0.317 e. The molecule has 2 heterocycles. The topological polar surface area (TPSA) is 42.0 Å². The van der Waals surface area contributed by atoms with Crippen molar-refractivity contribution in [3.8, 4) is 0 Å². The molecule has 1 saturated heterocycles. The number of carbonyl (C=O) groups is 1. The van der Waals surface area contributed by atoms with Crippen LogP contribution in [0.25, 0.3) is 0 Å². The Morgan fingerprint density at radius 1 is 1.44 bits per heavy atom. The Morgan fingerprint density at radius 3 is 2.81 bits per heavy atom. The van der Waals surface area contributed by atoms with Gasteiger partial charge in [0.15, 0.2) is 5.78 Å². The van der Waals surface area contributed by atoms with Gasteiger partial charge in [0, 0.05) is 17.1 Å². The standard InChI is InChI=1S/C12H15BrN2O/c13-10-1-2-11(15-8-10)12(16)7-9-3-5-14-6-4-9/h1-2,8-9,14H,3-7H2. The monoisotopic (exact) mass is 282 g/mol. The molecule has 1 aliphatic heterocycles. The Balaban J connectivity index is 1.94. The molecular weight excluding hydrogens is 268 g/mol. The number of ketones is 1. The Morgan fingerprint density at radius 2 is 2.19 bits per heavy atom. The zero-order valence-electron chi connectivity index (χ0n) is 9.08. The number of piperidine rings is 1. The number of nitrogens with zero attached hydrogens (tertiary/aromatic N) is 1. The maximum absolute atomic E-state index is 11.9. The third kappa shape index (κ3) is 3.12. The van der Waals surface area contributed by atoms with E-state index in [2.05, 4.69) is 26.2 Å². The molecule has 4 heteroatoms. The summed E-state index contributed by atoms with van der Waals surface area (Å²) in [4.78, 5) is 16.1. The quantitative estimate of drug-likeness (QED) is 0.866. The highest BCUT2D eigenvalue weighted by Crippen LogP contribution is 2.18. The van der Waals surface area contributed by atoms with Crippen molar-refractivity contribution in [2.75, 3.05) is 13.1 Å². The summed E-state index contributed by atoms with van der Waals surface area (Å²) in [6, 6.07) is 3.65. The van der Waals surface area contributed by atoms with Crippen molar-refractivity contribution in [1.82, 2.24) is 10.3 Å². The number of hydrogen-bond donors (Lipinski definition) is 1. The molecule has 0 aromatic carbocycles. The second-order valence-corrected chi connectivity index (χ2v) is 5.10. The summed E-state index contributed by atoms with van der Waals surface area (Å²) in [6.07, 6.45) is 4.51. The molecule has 1 aromatic rings. The van der Waals surface area contributed by atoms with E-state index in [0.29, 0.717) is 18.0 Å². The molecule has 1 N–H and O–H groups in total. The van der Waals surface area contributed by atoms with Gasteiger partial charge in [0.1, 0.15) is 5.69 Å². The average molecular weight is 283 g/mol. The smallest absolute Gasteiger partial charge is 0.181 e. The summed E-state index contributed by atoms with van der Waals surface area (Å²) in [5, 5.41) is 3.30. The fraction of sp³-hybridized carbons (Fsp3) is 0.500. The molecule has 1 fully saturated rings. The molecule has 0 radical (unpaired) electrons. The lowest BCUT2D eigenvalue weighted by Crippen LogP contribution is -2.29. The number of carbonyl (C=O) groups excluding carboxylic acids is 1.